The van der Waals surface area contributed by atoms with E-state index in [1.807, 2.05) is 0 Å². The molecule has 0 aromatic carbocycles. The predicted molar refractivity (Wildman–Crippen MR) is 78.6 cm³/mol. The number of rotatable bonds is 2. The van der Waals surface area contributed by atoms with Crippen molar-refractivity contribution in [1.29, 1.82) is 0 Å². The molecule has 0 bridgehead atoms. The van der Waals surface area contributed by atoms with Gasteiger partial charge in [-0.25, -0.2) is 0 Å². The zero-order chi connectivity index (χ0) is 14.0. The molecule has 3 N–H and O–H groups in total. The molecule has 3 heteroatoms. The molecule has 6 atom stereocenters. The molecule has 0 aromatic rings. The van der Waals surface area contributed by atoms with Gasteiger partial charge in [0.05, 0.1) is 0 Å². The molecule has 0 aromatic heterocycles. The maximum atomic E-state index is 12.4. The molecule has 0 heterocycles. The van der Waals surface area contributed by atoms with Crippen molar-refractivity contribution in [3.8, 4) is 0 Å². The van der Waals surface area contributed by atoms with Crippen LogP contribution in [-0.2, 0) is 4.79 Å². The first-order valence-electron chi connectivity index (χ1n) is 8.03. The summed E-state index contributed by atoms with van der Waals surface area (Å²) in [5.74, 6) is 2.41. The lowest BCUT2D eigenvalue weighted by Gasteiger charge is -2.36. The monoisotopic (exact) mass is 266 g/mol. The number of hydrogen-bond acceptors (Lipinski definition) is 2. The lowest BCUT2D eigenvalue weighted by Crippen LogP contribution is -2.46. The molecule has 110 valence electrons. The highest BCUT2D eigenvalue weighted by molar-refractivity contribution is 5.79. The Morgan fingerprint density at radius 3 is 2.32 bits per heavy atom. The fraction of sp³-hybridized carbons (Fsp3) is 0.938. The van der Waals surface area contributed by atoms with E-state index < -0.39 is 0 Å². The third kappa shape index (κ3) is 3.71. The maximum absolute atomic E-state index is 12.4. The van der Waals surface area contributed by atoms with Crippen LogP contribution in [0.5, 0.6) is 0 Å². The maximum Gasteiger partial charge on any atom is 0.223 e. The first-order chi connectivity index (χ1) is 8.97. The van der Waals surface area contributed by atoms with Crippen LogP contribution in [0.2, 0.25) is 0 Å². The molecule has 1 amide bonds. The van der Waals surface area contributed by atoms with Crippen molar-refractivity contribution in [3.63, 3.8) is 0 Å². The molecule has 6 unspecified atom stereocenters. The summed E-state index contributed by atoms with van der Waals surface area (Å²) in [6.45, 7) is 6.83. The topological polar surface area (TPSA) is 55.1 Å². The summed E-state index contributed by atoms with van der Waals surface area (Å²) in [6.07, 6.45) is 6.56. The van der Waals surface area contributed by atoms with E-state index in [4.69, 9.17) is 5.73 Å². The molecule has 0 aliphatic heterocycles. The normalized spacial score (nSPS) is 43.8. The zero-order valence-electron chi connectivity index (χ0n) is 12.7. The fourth-order valence-corrected chi connectivity index (χ4v) is 3.71. The van der Waals surface area contributed by atoms with E-state index in [0.717, 1.165) is 43.9 Å². The quantitative estimate of drug-likeness (QED) is 0.807. The van der Waals surface area contributed by atoms with E-state index in [2.05, 4.69) is 26.1 Å². The van der Waals surface area contributed by atoms with E-state index in [1.54, 1.807) is 0 Å². The number of nitrogens with two attached hydrogens (primary N) is 1. The van der Waals surface area contributed by atoms with Gasteiger partial charge in [-0.05, 0) is 56.3 Å². The van der Waals surface area contributed by atoms with Crippen LogP contribution in [0.4, 0.5) is 0 Å². The third-order valence-electron chi connectivity index (χ3n) is 5.52. The predicted octanol–water partition coefficient (Wildman–Crippen LogP) is 2.69. The summed E-state index contributed by atoms with van der Waals surface area (Å²) in [7, 11) is 0. The summed E-state index contributed by atoms with van der Waals surface area (Å²) >= 11 is 0. The summed E-state index contributed by atoms with van der Waals surface area (Å²) in [5.41, 5.74) is 6.02. The minimum Gasteiger partial charge on any atom is -0.353 e. The number of carbonyl (C=O) groups is 1. The van der Waals surface area contributed by atoms with Gasteiger partial charge in [0, 0.05) is 18.0 Å². The van der Waals surface area contributed by atoms with Crippen LogP contribution in [0.3, 0.4) is 0 Å². The lowest BCUT2D eigenvalue weighted by atomic mass is 9.76. The second kappa shape index (κ2) is 6.25. The van der Waals surface area contributed by atoms with Crippen LogP contribution in [0.15, 0.2) is 0 Å². The SMILES string of the molecule is CC1CCC(NC(=O)C2CC(N)CCC2C)CC1C. The molecule has 3 nitrogen and oxygen atoms in total. The van der Waals surface area contributed by atoms with Crippen molar-refractivity contribution >= 4 is 5.91 Å². The molecule has 2 aliphatic rings. The first-order valence-corrected chi connectivity index (χ1v) is 8.03. The number of hydrogen-bond donors (Lipinski definition) is 2. The van der Waals surface area contributed by atoms with Crippen molar-refractivity contribution in [2.45, 2.75) is 71.4 Å². The highest BCUT2D eigenvalue weighted by atomic mass is 16.2. The number of nitrogens with one attached hydrogen (secondary N) is 1. The molecule has 2 fully saturated rings. The Morgan fingerprint density at radius 1 is 0.947 bits per heavy atom. The first kappa shape index (κ1) is 14.8. The average molecular weight is 266 g/mol. The average Bonchev–Trinajstić information content (AvgIpc) is 2.36. The summed E-state index contributed by atoms with van der Waals surface area (Å²) < 4.78 is 0. The number of amides is 1. The van der Waals surface area contributed by atoms with Gasteiger partial charge in [0.15, 0.2) is 0 Å². The lowest BCUT2D eigenvalue weighted by molar-refractivity contribution is -0.128. The molecule has 19 heavy (non-hydrogen) atoms. The Kier molecular flexibility index (Phi) is 4.88. The molecule has 2 rings (SSSR count). The van der Waals surface area contributed by atoms with Crippen LogP contribution < -0.4 is 11.1 Å². The molecule has 2 saturated carbocycles. The van der Waals surface area contributed by atoms with Crippen molar-refractivity contribution in [2.24, 2.45) is 29.4 Å². The summed E-state index contributed by atoms with van der Waals surface area (Å²) in [5, 5.41) is 3.30. The van der Waals surface area contributed by atoms with Gasteiger partial charge in [0.2, 0.25) is 5.91 Å². The van der Waals surface area contributed by atoms with Crippen molar-refractivity contribution in [2.75, 3.05) is 0 Å². The van der Waals surface area contributed by atoms with Gasteiger partial charge in [-0.3, -0.25) is 4.79 Å². The van der Waals surface area contributed by atoms with Crippen LogP contribution >= 0.6 is 0 Å². The van der Waals surface area contributed by atoms with Crippen LogP contribution in [-0.4, -0.2) is 18.0 Å². The van der Waals surface area contributed by atoms with Gasteiger partial charge in [-0.15, -0.1) is 0 Å². The summed E-state index contributed by atoms with van der Waals surface area (Å²) in [6, 6.07) is 0.612. The smallest absolute Gasteiger partial charge is 0.223 e. The Hall–Kier alpha value is -0.570. The highest BCUT2D eigenvalue weighted by Gasteiger charge is 2.33. The van der Waals surface area contributed by atoms with E-state index in [0.29, 0.717) is 12.0 Å². The van der Waals surface area contributed by atoms with E-state index in [-0.39, 0.29) is 17.9 Å². The molecular formula is C16H30N2O. The fourth-order valence-electron chi connectivity index (χ4n) is 3.71. The second-order valence-electron chi connectivity index (χ2n) is 7.13. The van der Waals surface area contributed by atoms with E-state index in [1.165, 1.54) is 6.42 Å². The minimum atomic E-state index is 0.137. The Labute approximate surface area is 117 Å². The van der Waals surface area contributed by atoms with E-state index >= 15 is 0 Å². The van der Waals surface area contributed by atoms with Crippen molar-refractivity contribution in [1.82, 2.24) is 5.32 Å². The van der Waals surface area contributed by atoms with Gasteiger partial charge in [-0.2, -0.15) is 0 Å². The Balaban J connectivity index is 1.86. The highest BCUT2D eigenvalue weighted by Crippen LogP contribution is 2.32. The largest absolute Gasteiger partial charge is 0.353 e. The zero-order valence-corrected chi connectivity index (χ0v) is 12.7. The molecule has 0 spiro atoms. The Morgan fingerprint density at radius 2 is 1.63 bits per heavy atom. The van der Waals surface area contributed by atoms with Gasteiger partial charge in [-0.1, -0.05) is 20.8 Å². The van der Waals surface area contributed by atoms with Gasteiger partial charge < -0.3 is 11.1 Å². The molecule has 2 aliphatic carbocycles. The Bertz CT molecular complexity index is 318. The van der Waals surface area contributed by atoms with Gasteiger partial charge >= 0.3 is 0 Å². The van der Waals surface area contributed by atoms with Crippen molar-refractivity contribution in [3.05, 3.63) is 0 Å². The van der Waals surface area contributed by atoms with Gasteiger partial charge in [0.25, 0.3) is 0 Å². The standard InChI is InChI=1S/C16H30N2O/c1-10-5-7-14(8-12(10)3)18-16(19)15-9-13(17)6-4-11(15)2/h10-15H,4-9,17H2,1-3H3,(H,18,19). The van der Waals surface area contributed by atoms with Crippen LogP contribution in [0.25, 0.3) is 0 Å². The van der Waals surface area contributed by atoms with Crippen LogP contribution in [0, 0.1) is 23.7 Å². The number of carbonyl (C=O) groups excluding carboxylic acids is 1. The molecule has 0 radical (unpaired) electrons. The minimum absolute atomic E-state index is 0.137. The second-order valence-corrected chi connectivity index (χ2v) is 7.13. The summed E-state index contributed by atoms with van der Waals surface area (Å²) in [4.78, 5) is 12.4. The van der Waals surface area contributed by atoms with Crippen LogP contribution in [0.1, 0.15) is 59.3 Å². The molecule has 0 saturated heterocycles. The van der Waals surface area contributed by atoms with Crippen molar-refractivity contribution < 1.29 is 4.79 Å². The van der Waals surface area contributed by atoms with E-state index in [9.17, 15) is 4.79 Å². The third-order valence-corrected chi connectivity index (χ3v) is 5.52. The molecular weight excluding hydrogens is 236 g/mol. The van der Waals surface area contributed by atoms with Gasteiger partial charge in [0.1, 0.15) is 0 Å².